The summed E-state index contributed by atoms with van der Waals surface area (Å²) < 4.78 is 0. The van der Waals surface area contributed by atoms with Crippen LogP contribution < -0.4 is 5.43 Å². The molecule has 1 saturated heterocycles. The van der Waals surface area contributed by atoms with Gasteiger partial charge < -0.3 is 9.80 Å². The van der Waals surface area contributed by atoms with Crippen LogP contribution in [-0.4, -0.2) is 63.8 Å². The van der Waals surface area contributed by atoms with E-state index in [4.69, 9.17) is 12.2 Å². The monoisotopic (exact) mass is 340 g/mol. The van der Waals surface area contributed by atoms with Gasteiger partial charge in [0.2, 0.25) is 0 Å². The largest absolute Gasteiger partial charge is 0.345 e. The lowest BCUT2D eigenvalue weighted by Crippen LogP contribution is -2.49. The topological polar surface area (TPSA) is 56.6 Å². The van der Waals surface area contributed by atoms with Crippen molar-refractivity contribution < 1.29 is 0 Å². The van der Waals surface area contributed by atoms with E-state index in [1.54, 1.807) is 18.6 Å². The number of aromatic nitrogens is 2. The van der Waals surface area contributed by atoms with E-state index < -0.39 is 0 Å². The summed E-state index contributed by atoms with van der Waals surface area (Å²) >= 11 is 5.48. The summed E-state index contributed by atoms with van der Waals surface area (Å²) in [6, 6.07) is 9.91. The smallest absolute Gasteiger partial charge is 0.189 e. The highest BCUT2D eigenvalue weighted by Crippen LogP contribution is 2.08. The zero-order chi connectivity index (χ0) is 16.8. The van der Waals surface area contributed by atoms with E-state index in [9.17, 15) is 0 Å². The van der Waals surface area contributed by atoms with E-state index in [0.29, 0.717) is 10.8 Å². The summed E-state index contributed by atoms with van der Waals surface area (Å²) in [5, 5.41) is 5.17. The summed E-state index contributed by atoms with van der Waals surface area (Å²) in [4.78, 5) is 12.9. The highest BCUT2D eigenvalue weighted by molar-refractivity contribution is 7.80. The Bertz CT molecular complexity index is 654. The van der Waals surface area contributed by atoms with Crippen LogP contribution in [0.5, 0.6) is 0 Å². The molecule has 0 spiro atoms. The number of nitrogens with zero attached hydrogens (tertiary/aromatic N) is 5. The maximum atomic E-state index is 5.48. The van der Waals surface area contributed by atoms with Crippen LogP contribution in [0.25, 0.3) is 0 Å². The molecule has 0 atom stereocenters. The lowest BCUT2D eigenvalue weighted by atomic mass is 10.1. The molecule has 1 N–H and O–H groups in total. The number of hydrazone groups is 1. The number of hydrogen-bond donors (Lipinski definition) is 1. The molecule has 2 heterocycles. The normalized spacial score (nSPS) is 16.0. The van der Waals surface area contributed by atoms with Crippen molar-refractivity contribution in [2.45, 2.75) is 0 Å². The minimum atomic E-state index is 0.639. The Morgan fingerprint density at radius 2 is 1.88 bits per heavy atom. The first-order valence-corrected chi connectivity index (χ1v) is 8.28. The van der Waals surface area contributed by atoms with Crippen molar-refractivity contribution in [2.75, 3.05) is 33.2 Å². The fourth-order valence-corrected chi connectivity index (χ4v) is 2.70. The first kappa shape index (κ1) is 16.5. The minimum absolute atomic E-state index is 0.639. The van der Waals surface area contributed by atoms with Crippen molar-refractivity contribution in [3.05, 3.63) is 60.2 Å². The van der Waals surface area contributed by atoms with Gasteiger partial charge in [-0.25, -0.2) is 0 Å². The molecule has 7 heteroatoms. The molecule has 1 fully saturated rings. The number of piperazine rings is 1. The van der Waals surface area contributed by atoms with Crippen LogP contribution >= 0.6 is 12.2 Å². The van der Waals surface area contributed by atoms with Crippen LogP contribution in [0.2, 0.25) is 0 Å². The molecule has 24 heavy (non-hydrogen) atoms. The number of rotatable bonds is 3. The highest BCUT2D eigenvalue weighted by Gasteiger charge is 2.16. The van der Waals surface area contributed by atoms with Crippen LogP contribution in [0.4, 0.5) is 0 Å². The number of hydrogen-bond acceptors (Lipinski definition) is 5. The molecular weight excluding hydrogens is 320 g/mol. The van der Waals surface area contributed by atoms with E-state index in [1.807, 2.05) is 30.3 Å². The van der Waals surface area contributed by atoms with Crippen LogP contribution in [-0.2, 0) is 0 Å². The van der Waals surface area contributed by atoms with E-state index in [0.717, 1.165) is 37.5 Å². The summed E-state index contributed by atoms with van der Waals surface area (Å²) in [7, 11) is 2.12. The average Bonchev–Trinajstić information content (AvgIpc) is 2.64. The van der Waals surface area contributed by atoms with Gasteiger partial charge in [-0.3, -0.25) is 15.4 Å². The van der Waals surface area contributed by atoms with Gasteiger partial charge in [0.25, 0.3) is 0 Å². The van der Waals surface area contributed by atoms with Crippen molar-refractivity contribution in [1.29, 1.82) is 0 Å². The van der Waals surface area contributed by atoms with Crippen LogP contribution in [0.3, 0.4) is 0 Å². The van der Waals surface area contributed by atoms with Crippen molar-refractivity contribution in [3.63, 3.8) is 0 Å². The molecular formula is C17H20N6S. The Balaban J connectivity index is 1.78. The molecule has 0 aliphatic carbocycles. The lowest BCUT2D eigenvalue weighted by molar-refractivity contribution is 0.214. The molecule has 1 aliphatic heterocycles. The number of nitrogens with one attached hydrogen (secondary N) is 1. The Hall–Kier alpha value is -2.38. The standard InChI is InChI=1S/C17H20N6S/c1-22-9-11-23(12-10-22)17(24)21-20-16(14-5-3-2-4-6-14)15-13-18-7-8-19-15/h2-8,13H,9-12H2,1H3,(H,21,24)/b20-16-. The van der Waals surface area contributed by atoms with Crippen molar-refractivity contribution in [1.82, 2.24) is 25.2 Å². The molecule has 0 bridgehead atoms. The Labute approximate surface area is 147 Å². The third kappa shape index (κ3) is 4.12. The second-order valence-corrected chi connectivity index (χ2v) is 6.01. The van der Waals surface area contributed by atoms with Gasteiger partial charge in [-0.05, 0) is 19.3 Å². The van der Waals surface area contributed by atoms with E-state index in [1.165, 1.54) is 0 Å². The molecule has 0 radical (unpaired) electrons. The van der Waals surface area contributed by atoms with Crippen LogP contribution in [0, 0.1) is 0 Å². The van der Waals surface area contributed by atoms with E-state index >= 15 is 0 Å². The zero-order valence-corrected chi connectivity index (χ0v) is 14.4. The molecule has 1 aromatic heterocycles. The fourth-order valence-electron chi connectivity index (χ4n) is 2.47. The highest BCUT2D eigenvalue weighted by atomic mass is 32.1. The minimum Gasteiger partial charge on any atom is -0.345 e. The van der Waals surface area contributed by atoms with Gasteiger partial charge in [0.05, 0.1) is 6.20 Å². The number of likely N-dealkylation sites (N-methyl/N-ethyl adjacent to an activating group) is 1. The maximum absolute atomic E-state index is 5.48. The zero-order valence-electron chi connectivity index (χ0n) is 13.6. The number of thiocarbonyl (C=S) groups is 1. The first-order valence-electron chi connectivity index (χ1n) is 7.87. The average molecular weight is 340 g/mol. The van der Waals surface area contributed by atoms with E-state index in [2.05, 4.69) is 37.3 Å². The summed E-state index contributed by atoms with van der Waals surface area (Å²) in [5.41, 5.74) is 5.42. The molecule has 0 amide bonds. The third-order valence-corrected chi connectivity index (χ3v) is 4.26. The molecule has 3 rings (SSSR count). The van der Waals surface area contributed by atoms with Crippen molar-refractivity contribution >= 4 is 23.0 Å². The van der Waals surface area contributed by atoms with Gasteiger partial charge in [-0.15, -0.1) is 0 Å². The van der Waals surface area contributed by atoms with Crippen molar-refractivity contribution in [3.8, 4) is 0 Å². The molecule has 6 nitrogen and oxygen atoms in total. The van der Waals surface area contributed by atoms with Crippen LogP contribution in [0.1, 0.15) is 11.3 Å². The summed E-state index contributed by atoms with van der Waals surface area (Å²) in [6.45, 7) is 3.82. The van der Waals surface area contributed by atoms with Gasteiger partial charge in [0, 0.05) is 44.1 Å². The second kappa shape index (κ2) is 7.94. The van der Waals surface area contributed by atoms with Crippen molar-refractivity contribution in [2.24, 2.45) is 5.10 Å². The van der Waals surface area contributed by atoms with Gasteiger partial charge in [-0.2, -0.15) is 5.10 Å². The Morgan fingerprint density at radius 1 is 1.12 bits per heavy atom. The maximum Gasteiger partial charge on any atom is 0.189 e. The third-order valence-electron chi connectivity index (χ3n) is 3.91. The molecule has 0 saturated carbocycles. The van der Waals surface area contributed by atoms with Crippen LogP contribution in [0.15, 0.2) is 54.0 Å². The predicted molar refractivity (Wildman–Crippen MR) is 98.9 cm³/mol. The molecule has 0 unspecified atom stereocenters. The van der Waals surface area contributed by atoms with Gasteiger partial charge >= 0.3 is 0 Å². The van der Waals surface area contributed by atoms with Gasteiger partial charge in [-0.1, -0.05) is 30.3 Å². The predicted octanol–water partition coefficient (Wildman–Crippen LogP) is 1.35. The number of benzene rings is 1. The van der Waals surface area contributed by atoms with E-state index in [-0.39, 0.29) is 0 Å². The molecule has 1 aromatic carbocycles. The SMILES string of the molecule is CN1CCN(C(=S)N/N=C(/c2ccccc2)c2cnccn2)CC1. The Morgan fingerprint density at radius 3 is 2.54 bits per heavy atom. The van der Waals surface area contributed by atoms with Gasteiger partial charge in [0.1, 0.15) is 11.4 Å². The molecule has 2 aromatic rings. The lowest BCUT2D eigenvalue weighted by Gasteiger charge is -2.33. The molecule has 1 aliphatic rings. The Kier molecular flexibility index (Phi) is 5.45. The second-order valence-electron chi connectivity index (χ2n) is 5.62. The summed E-state index contributed by atoms with van der Waals surface area (Å²) in [6.07, 6.45) is 5.01. The summed E-state index contributed by atoms with van der Waals surface area (Å²) in [5.74, 6) is 0. The van der Waals surface area contributed by atoms with Gasteiger partial charge in [0.15, 0.2) is 5.11 Å². The fraction of sp³-hybridized carbons (Fsp3) is 0.294. The quantitative estimate of drug-likeness (QED) is 0.517. The molecule has 124 valence electrons. The first-order chi connectivity index (χ1) is 11.7.